The third-order valence-corrected chi connectivity index (χ3v) is 4.02. The molecule has 9 heteroatoms. The van der Waals surface area contributed by atoms with Gasteiger partial charge in [0.25, 0.3) is 11.8 Å². The van der Waals surface area contributed by atoms with Crippen molar-refractivity contribution in [1.29, 1.82) is 0 Å². The second-order valence-electron chi connectivity index (χ2n) is 6.60. The minimum atomic E-state index is -0.967. The summed E-state index contributed by atoms with van der Waals surface area (Å²) in [5.74, 6) is -1.50. The highest BCUT2D eigenvalue weighted by Crippen LogP contribution is 2.12. The Bertz CT molecular complexity index is 894. The van der Waals surface area contributed by atoms with Crippen molar-refractivity contribution >= 4 is 11.8 Å². The van der Waals surface area contributed by atoms with E-state index in [1.165, 1.54) is 42.5 Å². The molecule has 2 rings (SSSR count). The molecular weight excluding hydrogens is 410 g/mol. The molecule has 1 unspecified atom stereocenters. The number of aliphatic hydroxyl groups excluding tert-OH is 1. The van der Waals surface area contributed by atoms with Crippen molar-refractivity contribution in [3.63, 3.8) is 0 Å². The monoisotopic (exact) mass is 434 g/mol. The maximum Gasteiger partial charge on any atom is 0.258 e. The average molecular weight is 434 g/mol. The highest BCUT2D eigenvalue weighted by Gasteiger charge is 2.16. The summed E-state index contributed by atoms with van der Waals surface area (Å²) >= 11 is 0. The summed E-state index contributed by atoms with van der Waals surface area (Å²) in [7, 11) is 0. The lowest BCUT2D eigenvalue weighted by Gasteiger charge is -2.19. The van der Waals surface area contributed by atoms with Crippen LogP contribution in [-0.2, 0) is 9.59 Å². The van der Waals surface area contributed by atoms with E-state index in [1.54, 1.807) is 0 Å². The zero-order chi connectivity index (χ0) is 22.6. The predicted molar refractivity (Wildman–Crippen MR) is 110 cm³/mol. The Morgan fingerprint density at radius 3 is 2.06 bits per heavy atom. The highest BCUT2D eigenvalue weighted by atomic mass is 19.1. The van der Waals surface area contributed by atoms with Crippen LogP contribution < -0.4 is 20.1 Å². The minimum Gasteiger partial charge on any atom is -0.484 e. The molecule has 31 heavy (non-hydrogen) atoms. The third kappa shape index (κ3) is 9.26. The summed E-state index contributed by atoms with van der Waals surface area (Å²) in [6, 6.07) is 10.2. The molecule has 2 amide bonds. The minimum absolute atomic E-state index is 0.0780. The van der Waals surface area contributed by atoms with Gasteiger partial charge in [-0.2, -0.15) is 0 Å². The van der Waals surface area contributed by atoms with E-state index in [9.17, 15) is 23.5 Å². The van der Waals surface area contributed by atoms with Crippen LogP contribution >= 0.6 is 0 Å². The van der Waals surface area contributed by atoms with Gasteiger partial charge in [0.1, 0.15) is 23.1 Å². The smallest absolute Gasteiger partial charge is 0.258 e. The van der Waals surface area contributed by atoms with E-state index < -0.39 is 35.6 Å². The van der Waals surface area contributed by atoms with Crippen LogP contribution in [0, 0.1) is 11.6 Å². The Morgan fingerprint density at radius 1 is 1.00 bits per heavy atom. The van der Waals surface area contributed by atoms with Crippen LogP contribution in [0.1, 0.15) is 6.42 Å². The molecule has 0 spiro atoms. The number of aliphatic hydroxyl groups is 1. The van der Waals surface area contributed by atoms with Gasteiger partial charge in [-0.1, -0.05) is 18.2 Å². The number of carbonyl (C=O) groups is 2. The topological polar surface area (TPSA) is 96.9 Å². The Kier molecular flexibility index (Phi) is 9.44. The first kappa shape index (κ1) is 23.8. The van der Waals surface area contributed by atoms with E-state index >= 15 is 0 Å². The van der Waals surface area contributed by atoms with Gasteiger partial charge in [0, 0.05) is 24.7 Å². The number of benzene rings is 2. The molecule has 0 saturated carbocycles. The molecule has 0 fully saturated rings. The van der Waals surface area contributed by atoms with Crippen molar-refractivity contribution in [2.24, 2.45) is 0 Å². The molecule has 0 aliphatic rings. The van der Waals surface area contributed by atoms with Crippen LogP contribution in [0.15, 0.2) is 61.2 Å². The largest absolute Gasteiger partial charge is 0.484 e. The molecule has 0 saturated heterocycles. The van der Waals surface area contributed by atoms with Gasteiger partial charge < -0.3 is 25.2 Å². The van der Waals surface area contributed by atoms with E-state index in [0.717, 1.165) is 12.1 Å². The standard InChI is InChI=1S/C22H24F2N2O5/c1-2-17(26-22(29)14-31-20-8-4-6-16(24)10-20)11-18(27)12-25-21(28)13-30-19-7-3-5-15(23)9-19/h2-10,17-18,27H,1,11-14H2,(H,25,28)(H,26,29)/t17?,18-/m0/s1. The van der Waals surface area contributed by atoms with Crippen molar-refractivity contribution in [2.45, 2.75) is 18.6 Å². The quantitative estimate of drug-likeness (QED) is 0.444. The fourth-order valence-electron chi connectivity index (χ4n) is 2.53. The average Bonchev–Trinajstić information content (AvgIpc) is 2.74. The van der Waals surface area contributed by atoms with E-state index in [1.807, 2.05) is 0 Å². The van der Waals surface area contributed by atoms with Gasteiger partial charge in [0.05, 0.1) is 6.10 Å². The Labute approximate surface area is 178 Å². The number of hydrogen-bond acceptors (Lipinski definition) is 5. The molecule has 0 aromatic heterocycles. The van der Waals surface area contributed by atoms with Gasteiger partial charge in [-0.3, -0.25) is 9.59 Å². The molecule has 0 aliphatic carbocycles. The summed E-state index contributed by atoms with van der Waals surface area (Å²) in [4.78, 5) is 23.8. The number of carbonyl (C=O) groups excluding carboxylic acids is 2. The van der Waals surface area contributed by atoms with E-state index in [4.69, 9.17) is 9.47 Å². The molecule has 0 radical (unpaired) electrons. The molecule has 0 bridgehead atoms. The van der Waals surface area contributed by atoms with Gasteiger partial charge in [-0.25, -0.2) is 8.78 Å². The lowest BCUT2D eigenvalue weighted by molar-refractivity contribution is -0.124. The van der Waals surface area contributed by atoms with Crippen LogP contribution in [0.4, 0.5) is 8.78 Å². The second-order valence-corrected chi connectivity index (χ2v) is 6.60. The predicted octanol–water partition coefficient (Wildman–Crippen LogP) is 1.96. The Hall–Kier alpha value is -3.46. The lowest BCUT2D eigenvalue weighted by atomic mass is 10.1. The maximum atomic E-state index is 13.1. The first-order valence-corrected chi connectivity index (χ1v) is 9.49. The first-order chi connectivity index (χ1) is 14.9. The summed E-state index contributed by atoms with van der Waals surface area (Å²) < 4.78 is 36.5. The van der Waals surface area contributed by atoms with Crippen molar-refractivity contribution in [3.05, 3.63) is 72.8 Å². The molecular formula is C22H24F2N2O5. The number of nitrogens with one attached hydrogen (secondary N) is 2. The zero-order valence-corrected chi connectivity index (χ0v) is 16.7. The first-order valence-electron chi connectivity index (χ1n) is 9.49. The molecule has 7 nitrogen and oxygen atoms in total. The fourth-order valence-corrected chi connectivity index (χ4v) is 2.53. The van der Waals surface area contributed by atoms with Crippen molar-refractivity contribution in [3.8, 4) is 11.5 Å². The maximum absolute atomic E-state index is 13.1. The van der Waals surface area contributed by atoms with Gasteiger partial charge in [-0.15, -0.1) is 6.58 Å². The third-order valence-electron chi connectivity index (χ3n) is 4.02. The summed E-state index contributed by atoms with van der Waals surface area (Å²) in [6.45, 7) is 2.86. The fraction of sp³-hybridized carbons (Fsp3) is 0.273. The SMILES string of the molecule is C=CC(C[C@H](O)CNC(=O)COc1cccc(F)c1)NC(=O)COc1cccc(F)c1. The van der Waals surface area contributed by atoms with Gasteiger partial charge in [-0.05, 0) is 30.7 Å². The summed E-state index contributed by atoms with van der Waals surface area (Å²) in [5, 5.41) is 15.2. The molecule has 2 aromatic rings. The normalized spacial score (nSPS) is 12.4. The molecule has 0 aliphatic heterocycles. The van der Waals surface area contributed by atoms with Crippen LogP contribution in [0.5, 0.6) is 11.5 Å². The van der Waals surface area contributed by atoms with Crippen LogP contribution in [0.3, 0.4) is 0 Å². The summed E-state index contributed by atoms with van der Waals surface area (Å²) in [6.07, 6.45) is 0.573. The van der Waals surface area contributed by atoms with Gasteiger partial charge in [0.2, 0.25) is 0 Å². The van der Waals surface area contributed by atoms with Crippen molar-refractivity contribution in [2.75, 3.05) is 19.8 Å². The van der Waals surface area contributed by atoms with E-state index in [2.05, 4.69) is 17.2 Å². The van der Waals surface area contributed by atoms with Crippen molar-refractivity contribution < 1.29 is 33.0 Å². The molecule has 166 valence electrons. The number of hydrogen-bond donors (Lipinski definition) is 3. The molecule has 3 N–H and O–H groups in total. The Balaban J connectivity index is 1.67. The lowest BCUT2D eigenvalue weighted by Crippen LogP contribution is -2.42. The van der Waals surface area contributed by atoms with Gasteiger partial charge >= 0.3 is 0 Å². The molecule has 2 atom stereocenters. The highest BCUT2D eigenvalue weighted by molar-refractivity contribution is 5.78. The zero-order valence-electron chi connectivity index (χ0n) is 16.7. The van der Waals surface area contributed by atoms with E-state index in [-0.39, 0.29) is 37.7 Å². The number of rotatable bonds is 12. The van der Waals surface area contributed by atoms with Gasteiger partial charge in [0.15, 0.2) is 13.2 Å². The molecule has 2 aromatic carbocycles. The van der Waals surface area contributed by atoms with Crippen molar-refractivity contribution in [1.82, 2.24) is 10.6 Å². The summed E-state index contributed by atoms with van der Waals surface area (Å²) in [5.41, 5.74) is 0. The number of amides is 2. The van der Waals surface area contributed by atoms with Crippen LogP contribution in [0.25, 0.3) is 0 Å². The van der Waals surface area contributed by atoms with Crippen LogP contribution in [-0.4, -0.2) is 48.8 Å². The Morgan fingerprint density at radius 2 is 1.55 bits per heavy atom. The second kappa shape index (κ2) is 12.3. The molecule has 0 heterocycles. The number of halogens is 2. The van der Waals surface area contributed by atoms with E-state index in [0.29, 0.717) is 0 Å². The van der Waals surface area contributed by atoms with Crippen LogP contribution in [0.2, 0.25) is 0 Å². The number of ether oxygens (including phenoxy) is 2.